The minimum absolute atomic E-state index is 0.166. The number of imide groups is 1. The lowest BCUT2D eigenvalue weighted by Crippen LogP contribution is -2.34. The van der Waals surface area contributed by atoms with Crippen LogP contribution in [0, 0.1) is 0 Å². The number of benzene rings is 2. The summed E-state index contributed by atoms with van der Waals surface area (Å²) in [6.45, 7) is 5.56. The average Bonchev–Trinajstić information content (AvgIpc) is 3.08. The second-order valence-electron chi connectivity index (χ2n) is 8.09. The van der Waals surface area contributed by atoms with Crippen molar-refractivity contribution in [3.05, 3.63) is 65.7 Å². The van der Waals surface area contributed by atoms with Crippen LogP contribution in [0.3, 0.4) is 0 Å². The molecule has 2 aromatic rings. The first-order valence-corrected chi connectivity index (χ1v) is 9.85. The molecule has 0 spiro atoms. The number of aryl methyl sites for hydroxylation is 1. The summed E-state index contributed by atoms with van der Waals surface area (Å²) in [6, 6.07) is 16.1. The van der Waals surface area contributed by atoms with E-state index in [1.807, 2.05) is 42.5 Å². The van der Waals surface area contributed by atoms with Crippen molar-refractivity contribution in [2.24, 2.45) is 0 Å². The Morgan fingerprint density at radius 2 is 1.77 bits per heavy atom. The smallest absolute Gasteiger partial charge is 0.417 e. The van der Waals surface area contributed by atoms with Gasteiger partial charge in [-0.25, -0.2) is 14.5 Å². The Bertz CT molecular complexity index is 903. The molecule has 158 valence electrons. The van der Waals surface area contributed by atoms with Crippen molar-refractivity contribution in [2.45, 2.75) is 45.3 Å². The molecule has 1 heterocycles. The molecule has 1 aliphatic rings. The first-order chi connectivity index (χ1) is 14.2. The molecular weight excluding hydrogens is 384 g/mol. The molecule has 1 fully saturated rings. The Morgan fingerprint density at radius 3 is 2.40 bits per heavy atom. The van der Waals surface area contributed by atoms with Crippen molar-refractivity contribution >= 4 is 23.8 Å². The van der Waals surface area contributed by atoms with Crippen LogP contribution < -0.4 is 5.32 Å². The number of hydrogen-bond acceptors (Lipinski definition) is 5. The summed E-state index contributed by atoms with van der Waals surface area (Å²) in [6.07, 6.45) is -0.482. The fraction of sp³-hybridized carbons (Fsp3) is 0.348. The highest BCUT2D eigenvalue weighted by molar-refractivity contribution is 5.93. The lowest BCUT2D eigenvalue weighted by atomic mass is 10.1. The van der Waals surface area contributed by atoms with Gasteiger partial charge in [-0.2, -0.15) is 0 Å². The number of hydrogen-bond donors (Lipinski definition) is 1. The van der Waals surface area contributed by atoms with E-state index >= 15 is 0 Å². The number of cyclic esters (lactones) is 1. The van der Waals surface area contributed by atoms with Crippen molar-refractivity contribution in [3.63, 3.8) is 0 Å². The number of amides is 3. The molecule has 7 nitrogen and oxygen atoms in total. The Labute approximate surface area is 176 Å². The summed E-state index contributed by atoms with van der Waals surface area (Å²) in [5, 5.41) is 2.67. The third-order valence-electron chi connectivity index (χ3n) is 4.55. The predicted molar refractivity (Wildman–Crippen MR) is 112 cm³/mol. The van der Waals surface area contributed by atoms with Gasteiger partial charge in [0, 0.05) is 12.1 Å². The van der Waals surface area contributed by atoms with Crippen LogP contribution >= 0.6 is 0 Å². The van der Waals surface area contributed by atoms with E-state index in [1.165, 1.54) is 4.90 Å². The number of carbonyl (C=O) groups is 3. The normalized spacial score (nSPS) is 16.2. The standard InChI is InChI=1S/C23H26N2O5/c1-23(2,3)30-21(27)24-18-12-9-16(10-13-18)11-14-20(26)25-19(15-29-22(25)28)17-7-5-4-6-8-17/h4-10,12-13,19H,11,14-15H2,1-3H3,(H,24,27). The largest absolute Gasteiger partial charge is 0.446 e. The van der Waals surface area contributed by atoms with Gasteiger partial charge in [-0.1, -0.05) is 42.5 Å². The molecule has 0 aromatic heterocycles. The van der Waals surface area contributed by atoms with Crippen LogP contribution in [0.2, 0.25) is 0 Å². The van der Waals surface area contributed by atoms with Gasteiger partial charge in [0.25, 0.3) is 0 Å². The highest BCUT2D eigenvalue weighted by Crippen LogP contribution is 2.28. The minimum atomic E-state index is -0.606. The molecule has 30 heavy (non-hydrogen) atoms. The van der Waals surface area contributed by atoms with E-state index in [-0.39, 0.29) is 18.9 Å². The van der Waals surface area contributed by atoms with Gasteiger partial charge in [0.05, 0.1) is 0 Å². The molecule has 0 aliphatic carbocycles. The van der Waals surface area contributed by atoms with E-state index in [4.69, 9.17) is 9.47 Å². The maximum atomic E-state index is 12.7. The lowest BCUT2D eigenvalue weighted by molar-refractivity contribution is -0.129. The SMILES string of the molecule is CC(C)(C)OC(=O)Nc1ccc(CCC(=O)N2C(=O)OCC2c2ccccc2)cc1. The number of anilines is 1. The molecule has 7 heteroatoms. The zero-order valence-corrected chi connectivity index (χ0v) is 17.4. The molecule has 2 aromatic carbocycles. The predicted octanol–water partition coefficient (Wildman–Crippen LogP) is 4.69. The Hall–Kier alpha value is -3.35. The maximum Gasteiger partial charge on any atom is 0.417 e. The molecule has 0 bridgehead atoms. The maximum absolute atomic E-state index is 12.7. The van der Waals surface area contributed by atoms with Gasteiger partial charge in [0.1, 0.15) is 18.2 Å². The fourth-order valence-corrected chi connectivity index (χ4v) is 3.17. The topological polar surface area (TPSA) is 84.9 Å². The summed E-state index contributed by atoms with van der Waals surface area (Å²) in [7, 11) is 0. The van der Waals surface area contributed by atoms with Crippen LogP contribution in [0.5, 0.6) is 0 Å². The molecule has 1 saturated heterocycles. The van der Waals surface area contributed by atoms with Crippen LogP contribution in [0.25, 0.3) is 0 Å². The van der Waals surface area contributed by atoms with Crippen LogP contribution in [-0.4, -0.2) is 35.2 Å². The highest BCUT2D eigenvalue weighted by atomic mass is 16.6. The molecular formula is C23H26N2O5. The van der Waals surface area contributed by atoms with E-state index in [9.17, 15) is 14.4 Å². The van der Waals surface area contributed by atoms with Gasteiger partial charge in [-0.05, 0) is 50.5 Å². The summed E-state index contributed by atoms with van der Waals surface area (Å²) in [5.74, 6) is -0.276. The van der Waals surface area contributed by atoms with Gasteiger partial charge in [0.2, 0.25) is 5.91 Å². The summed E-state index contributed by atoms with van der Waals surface area (Å²) in [5.41, 5.74) is 1.82. The quantitative estimate of drug-likeness (QED) is 0.773. The first kappa shape index (κ1) is 21.4. The number of nitrogens with one attached hydrogen (secondary N) is 1. The monoisotopic (exact) mass is 410 g/mol. The van der Waals surface area contributed by atoms with E-state index in [0.717, 1.165) is 11.1 Å². The second-order valence-corrected chi connectivity index (χ2v) is 8.09. The second kappa shape index (κ2) is 8.98. The van der Waals surface area contributed by atoms with E-state index in [1.54, 1.807) is 32.9 Å². The van der Waals surface area contributed by atoms with Crippen molar-refractivity contribution in [2.75, 3.05) is 11.9 Å². The van der Waals surface area contributed by atoms with Crippen LogP contribution in [0.4, 0.5) is 15.3 Å². The number of rotatable bonds is 5. The zero-order valence-electron chi connectivity index (χ0n) is 17.4. The van der Waals surface area contributed by atoms with Crippen molar-refractivity contribution in [3.8, 4) is 0 Å². The summed E-state index contributed by atoms with van der Waals surface area (Å²) in [4.78, 5) is 37.8. The van der Waals surface area contributed by atoms with E-state index in [0.29, 0.717) is 12.1 Å². The van der Waals surface area contributed by atoms with Crippen molar-refractivity contribution < 1.29 is 23.9 Å². The zero-order chi connectivity index (χ0) is 21.7. The van der Waals surface area contributed by atoms with Gasteiger partial charge in [0.15, 0.2) is 0 Å². The third kappa shape index (κ3) is 5.59. The molecule has 3 rings (SSSR count). The average molecular weight is 410 g/mol. The van der Waals surface area contributed by atoms with Gasteiger partial charge in [-0.3, -0.25) is 10.1 Å². The van der Waals surface area contributed by atoms with Gasteiger partial charge >= 0.3 is 12.2 Å². The Kier molecular flexibility index (Phi) is 6.40. The van der Waals surface area contributed by atoms with E-state index < -0.39 is 23.8 Å². The third-order valence-corrected chi connectivity index (χ3v) is 4.55. The number of ether oxygens (including phenoxy) is 2. The lowest BCUT2D eigenvalue weighted by Gasteiger charge is -2.20. The highest BCUT2D eigenvalue weighted by Gasteiger charge is 2.38. The van der Waals surface area contributed by atoms with Gasteiger partial charge in [-0.15, -0.1) is 0 Å². The number of carbonyl (C=O) groups excluding carboxylic acids is 3. The van der Waals surface area contributed by atoms with Crippen LogP contribution in [-0.2, 0) is 20.7 Å². The minimum Gasteiger partial charge on any atom is -0.446 e. The Balaban J connectivity index is 1.56. The van der Waals surface area contributed by atoms with Crippen LogP contribution in [0.15, 0.2) is 54.6 Å². The molecule has 0 saturated carbocycles. The Morgan fingerprint density at radius 1 is 1.10 bits per heavy atom. The van der Waals surface area contributed by atoms with E-state index in [2.05, 4.69) is 5.32 Å². The number of nitrogens with zero attached hydrogens (tertiary/aromatic N) is 1. The molecule has 1 aliphatic heterocycles. The fourth-order valence-electron chi connectivity index (χ4n) is 3.17. The molecule has 1 atom stereocenters. The summed E-state index contributed by atoms with van der Waals surface area (Å²) >= 11 is 0. The van der Waals surface area contributed by atoms with Crippen molar-refractivity contribution in [1.82, 2.24) is 4.90 Å². The molecule has 1 unspecified atom stereocenters. The molecule has 0 radical (unpaired) electrons. The van der Waals surface area contributed by atoms with Crippen LogP contribution in [0.1, 0.15) is 44.4 Å². The molecule has 1 N–H and O–H groups in total. The first-order valence-electron chi connectivity index (χ1n) is 9.85. The van der Waals surface area contributed by atoms with Crippen molar-refractivity contribution in [1.29, 1.82) is 0 Å². The summed E-state index contributed by atoms with van der Waals surface area (Å²) < 4.78 is 10.3. The molecule has 3 amide bonds. The van der Waals surface area contributed by atoms with Gasteiger partial charge < -0.3 is 9.47 Å².